The van der Waals surface area contributed by atoms with Crippen molar-refractivity contribution in [3.8, 4) is 0 Å². The standard InChI is InChI=1S/C15H25N3OS/c1-5-18(11(2)19)14-17-13(10-20-14)9-16-12-6-7-15(3,4)8-12/h10,12,16H,5-9H2,1-4H3. The Morgan fingerprint density at radius 2 is 2.35 bits per heavy atom. The predicted octanol–water partition coefficient (Wildman–Crippen LogP) is 3.18. The van der Waals surface area contributed by atoms with Crippen LogP contribution in [0.15, 0.2) is 5.38 Å². The van der Waals surface area contributed by atoms with Gasteiger partial charge >= 0.3 is 0 Å². The van der Waals surface area contributed by atoms with E-state index >= 15 is 0 Å². The molecule has 1 atom stereocenters. The minimum absolute atomic E-state index is 0.0545. The van der Waals surface area contributed by atoms with Gasteiger partial charge in [-0.1, -0.05) is 13.8 Å². The maximum Gasteiger partial charge on any atom is 0.225 e. The summed E-state index contributed by atoms with van der Waals surface area (Å²) in [7, 11) is 0. The second-order valence-electron chi connectivity index (χ2n) is 6.37. The minimum atomic E-state index is 0.0545. The summed E-state index contributed by atoms with van der Waals surface area (Å²) in [5, 5.41) is 6.45. The third-order valence-corrected chi connectivity index (χ3v) is 4.92. The molecular formula is C15H25N3OS. The molecule has 1 aromatic heterocycles. The van der Waals surface area contributed by atoms with E-state index in [9.17, 15) is 4.79 Å². The number of carbonyl (C=O) groups is 1. The number of hydrogen-bond donors (Lipinski definition) is 1. The van der Waals surface area contributed by atoms with E-state index < -0.39 is 0 Å². The molecular weight excluding hydrogens is 270 g/mol. The number of carbonyl (C=O) groups excluding carboxylic acids is 1. The van der Waals surface area contributed by atoms with Crippen LogP contribution in [-0.4, -0.2) is 23.5 Å². The van der Waals surface area contributed by atoms with Gasteiger partial charge in [0.1, 0.15) is 0 Å². The van der Waals surface area contributed by atoms with Crippen LogP contribution in [0, 0.1) is 5.41 Å². The second kappa shape index (κ2) is 6.22. The van der Waals surface area contributed by atoms with Crippen LogP contribution in [0.3, 0.4) is 0 Å². The Morgan fingerprint density at radius 1 is 1.60 bits per heavy atom. The van der Waals surface area contributed by atoms with Crippen molar-refractivity contribution >= 4 is 22.4 Å². The molecule has 1 unspecified atom stereocenters. The number of hydrogen-bond acceptors (Lipinski definition) is 4. The molecule has 4 nitrogen and oxygen atoms in total. The first-order valence-corrected chi connectivity index (χ1v) is 8.25. The average Bonchev–Trinajstić information content (AvgIpc) is 2.94. The summed E-state index contributed by atoms with van der Waals surface area (Å²) < 4.78 is 0. The van der Waals surface area contributed by atoms with E-state index in [2.05, 4.69) is 24.1 Å². The summed E-state index contributed by atoms with van der Waals surface area (Å²) in [4.78, 5) is 17.8. The van der Waals surface area contributed by atoms with E-state index in [-0.39, 0.29) is 5.91 Å². The molecule has 20 heavy (non-hydrogen) atoms. The lowest BCUT2D eigenvalue weighted by atomic mass is 9.92. The summed E-state index contributed by atoms with van der Waals surface area (Å²) >= 11 is 1.55. The molecule has 0 radical (unpaired) electrons. The first-order valence-electron chi connectivity index (χ1n) is 7.37. The van der Waals surface area contributed by atoms with Crippen LogP contribution in [0.4, 0.5) is 5.13 Å². The summed E-state index contributed by atoms with van der Waals surface area (Å²) in [6.07, 6.45) is 3.78. The number of anilines is 1. The largest absolute Gasteiger partial charge is 0.308 e. The highest BCUT2D eigenvalue weighted by Crippen LogP contribution is 2.37. The predicted molar refractivity (Wildman–Crippen MR) is 84.1 cm³/mol. The van der Waals surface area contributed by atoms with Crippen molar-refractivity contribution < 1.29 is 4.79 Å². The minimum Gasteiger partial charge on any atom is -0.308 e. The Balaban J connectivity index is 1.89. The van der Waals surface area contributed by atoms with Crippen LogP contribution in [-0.2, 0) is 11.3 Å². The Kier molecular flexibility index (Phi) is 4.81. The molecule has 0 saturated heterocycles. The van der Waals surface area contributed by atoms with Crippen LogP contribution in [0.2, 0.25) is 0 Å². The van der Waals surface area contributed by atoms with Gasteiger partial charge in [-0.05, 0) is 31.6 Å². The van der Waals surface area contributed by atoms with E-state index in [0.29, 0.717) is 18.0 Å². The van der Waals surface area contributed by atoms with Crippen molar-refractivity contribution in [3.63, 3.8) is 0 Å². The van der Waals surface area contributed by atoms with Gasteiger partial charge in [0, 0.05) is 31.4 Å². The van der Waals surface area contributed by atoms with Crippen molar-refractivity contribution in [1.29, 1.82) is 0 Å². The van der Waals surface area contributed by atoms with Crippen molar-refractivity contribution in [3.05, 3.63) is 11.1 Å². The van der Waals surface area contributed by atoms with Gasteiger partial charge in [-0.3, -0.25) is 9.69 Å². The number of thiazole rings is 1. The molecule has 0 spiro atoms. The molecule has 1 saturated carbocycles. The molecule has 5 heteroatoms. The number of rotatable bonds is 5. The molecule has 1 heterocycles. The number of nitrogens with zero attached hydrogens (tertiary/aromatic N) is 2. The lowest BCUT2D eigenvalue weighted by molar-refractivity contribution is -0.116. The highest BCUT2D eigenvalue weighted by Gasteiger charge is 2.30. The van der Waals surface area contributed by atoms with Gasteiger partial charge in [-0.25, -0.2) is 4.98 Å². The van der Waals surface area contributed by atoms with E-state index in [1.165, 1.54) is 19.3 Å². The maximum atomic E-state index is 11.5. The first-order chi connectivity index (χ1) is 9.41. The average molecular weight is 295 g/mol. The molecule has 1 aliphatic carbocycles. The summed E-state index contributed by atoms with van der Waals surface area (Å²) in [5.74, 6) is 0.0545. The molecule has 1 fully saturated rings. The van der Waals surface area contributed by atoms with E-state index in [0.717, 1.165) is 17.4 Å². The maximum absolute atomic E-state index is 11.5. The van der Waals surface area contributed by atoms with Gasteiger partial charge in [0.05, 0.1) is 5.69 Å². The molecule has 0 aromatic carbocycles. The van der Waals surface area contributed by atoms with E-state index in [4.69, 9.17) is 0 Å². The van der Waals surface area contributed by atoms with Crippen molar-refractivity contribution in [1.82, 2.24) is 10.3 Å². The molecule has 1 N–H and O–H groups in total. The topological polar surface area (TPSA) is 45.2 Å². The third-order valence-electron chi connectivity index (χ3n) is 4.01. The third kappa shape index (κ3) is 3.79. The lowest BCUT2D eigenvalue weighted by Crippen LogP contribution is -2.28. The van der Waals surface area contributed by atoms with Crippen LogP contribution < -0.4 is 10.2 Å². The Hall–Kier alpha value is -0.940. The highest BCUT2D eigenvalue weighted by molar-refractivity contribution is 7.14. The number of amides is 1. The van der Waals surface area contributed by atoms with E-state index in [1.807, 2.05) is 12.3 Å². The van der Waals surface area contributed by atoms with Gasteiger partial charge in [0.2, 0.25) is 5.91 Å². The lowest BCUT2D eigenvalue weighted by Gasteiger charge is -2.17. The summed E-state index contributed by atoms with van der Waals surface area (Å²) in [5.41, 5.74) is 1.51. The Labute approximate surface area is 125 Å². The summed E-state index contributed by atoms with van der Waals surface area (Å²) in [6.45, 7) is 9.70. The van der Waals surface area contributed by atoms with Gasteiger partial charge in [0.25, 0.3) is 0 Å². The second-order valence-corrected chi connectivity index (χ2v) is 7.21. The smallest absolute Gasteiger partial charge is 0.225 e. The van der Waals surface area contributed by atoms with Crippen LogP contribution in [0.1, 0.15) is 52.7 Å². The van der Waals surface area contributed by atoms with Crippen LogP contribution >= 0.6 is 11.3 Å². The number of aromatic nitrogens is 1. The molecule has 2 rings (SSSR count). The first kappa shape index (κ1) is 15.4. The zero-order valence-corrected chi connectivity index (χ0v) is 13.7. The van der Waals surface area contributed by atoms with Crippen LogP contribution in [0.25, 0.3) is 0 Å². The van der Waals surface area contributed by atoms with Crippen molar-refractivity contribution in [2.45, 2.75) is 59.5 Å². The quantitative estimate of drug-likeness (QED) is 0.907. The molecule has 1 amide bonds. The Morgan fingerprint density at radius 3 is 2.90 bits per heavy atom. The zero-order chi connectivity index (χ0) is 14.8. The fourth-order valence-electron chi connectivity index (χ4n) is 2.85. The molecule has 0 bridgehead atoms. The fourth-order valence-corrected chi connectivity index (χ4v) is 3.79. The summed E-state index contributed by atoms with van der Waals surface area (Å²) in [6, 6.07) is 0.602. The molecule has 112 valence electrons. The molecule has 0 aliphatic heterocycles. The van der Waals surface area contributed by atoms with Gasteiger partial charge < -0.3 is 5.32 Å². The number of nitrogens with one attached hydrogen (secondary N) is 1. The molecule has 1 aromatic rings. The zero-order valence-electron chi connectivity index (χ0n) is 12.9. The van der Waals surface area contributed by atoms with Gasteiger partial charge in [-0.2, -0.15) is 0 Å². The van der Waals surface area contributed by atoms with Gasteiger partial charge in [-0.15, -0.1) is 11.3 Å². The SMILES string of the molecule is CCN(C(C)=O)c1nc(CNC2CCC(C)(C)C2)cs1. The fraction of sp³-hybridized carbons (Fsp3) is 0.733. The Bertz CT molecular complexity index is 469. The van der Waals surface area contributed by atoms with Gasteiger partial charge in [0.15, 0.2) is 5.13 Å². The van der Waals surface area contributed by atoms with Crippen LogP contribution in [0.5, 0.6) is 0 Å². The van der Waals surface area contributed by atoms with Crippen molar-refractivity contribution in [2.24, 2.45) is 5.41 Å². The normalized spacial score (nSPS) is 21.1. The van der Waals surface area contributed by atoms with E-state index in [1.54, 1.807) is 23.2 Å². The molecule has 1 aliphatic rings. The highest BCUT2D eigenvalue weighted by atomic mass is 32.1. The monoisotopic (exact) mass is 295 g/mol. The van der Waals surface area contributed by atoms with Crippen molar-refractivity contribution in [2.75, 3.05) is 11.4 Å².